The Kier molecular flexibility index (Phi) is 9.41. The highest BCUT2D eigenvalue weighted by Gasteiger charge is 2.38. The van der Waals surface area contributed by atoms with E-state index >= 15 is 0 Å². The van der Waals surface area contributed by atoms with E-state index in [1.165, 1.54) is 5.56 Å². The van der Waals surface area contributed by atoms with E-state index in [9.17, 15) is 20.6 Å². The third-order valence-corrected chi connectivity index (χ3v) is 5.80. The monoisotopic (exact) mass is 457 g/mol. The van der Waals surface area contributed by atoms with E-state index in [2.05, 4.69) is 44.2 Å². The Hall–Kier alpha value is -2.47. The van der Waals surface area contributed by atoms with Gasteiger partial charge in [-0.05, 0) is 54.5 Å². The Labute approximate surface area is 195 Å². The van der Waals surface area contributed by atoms with E-state index in [-0.39, 0.29) is 24.6 Å². The lowest BCUT2D eigenvalue weighted by atomic mass is 9.89. The van der Waals surface area contributed by atoms with Crippen molar-refractivity contribution in [2.75, 3.05) is 6.61 Å². The molecule has 7 heteroatoms. The van der Waals surface area contributed by atoms with Crippen LogP contribution in [0, 0.1) is 11.3 Å². The van der Waals surface area contributed by atoms with Crippen LogP contribution in [0.4, 0.5) is 0 Å². The molecule has 1 saturated heterocycles. The van der Waals surface area contributed by atoms with Crippen LogP contribution in [0.3, 0.4) is 0 Å². The normalized spacial score (nSPS) is 22.7. The van der Waals surface area contributed by atoms with Crippen LogP contribution in [-0.4, -0.2) is 51.8 Å². The molecule has 0 unspecified atom stereocenters. The number of aliphatic hydroxyl groups is 3. The second-order valence-corrected chi connectivity index (χ2v) is 9.06. The molecule has 1 aliphatic rings. The maximum absolute atomic E-state index is 10.6. The van der Waals surface area contributed by atoms with Crippen molar-refractivity contribution in [3.63, 3.8) is 0 Å². The molecule has 7 nitrogen and oxygen atoms in total. The van der Waals surface area contributed by atoms with Gasteiger partial charge in [0.1, 0.15) is 24.0 Å². The molecule has 1 heterocycles. The van der Waals surface area contributed by atoms with Gasteiger partial charge in [-0.25, -0.2) is 0 Å². The third-order valence-electron chi connectivity index (χ3n) is 5.80. The molecule has 5 N–H and O–H groups in total. The lowest BCUT2D eigenvalue weighted by molar-refractivity contribution is -0.179. The maximum atomic E-state index is 10.6. The predicted octanol–water partition coefficient (Wildman–Crippen LogP) is 2.78. The fourth-order valence-electron chi connectivity index (χ4n) is 4.06. The van der Waals surface area contributed by atoms with Gasteiger partial charge >= 0.3 is 0 Å². The molecule has 2 aromatic carbocycles. The van der Waals surface area contributed by atoms with Crippen LogP contribution < -0.4 is 4.74 Å². The summed E-state index contributed by atoms with van der Waals surface area (Å²) in [6.45, 7) is 7.81. The largest absolute Gasteiger partial charge is 0.490 e. The van der Waals surface area contributed by atoms with Crippen molar-refractivity contribution < 1.29 is 30.3 Å². The topological polar surface area (TPSA) is 134 Å². The fourth-order valence-corrected chi connectivity index (χ4v) is 4.06. The number of hydrogen-bond donors (Lipinski definition) is 3. The molecule has 3 rings (SSSR count). The Morgan fingerprint density at radius 3 is 2.33 bits per heavy atom. The van der Waals surface area contributed by atoms with Crippen molar-refractivity contribution in [3.05, 3.63) is 64.2 Å². The summed E-state index contributed by atoms with van der Waals surface area (Å²) in [6.07, 6.45) is -3.04. The first-order chi connectivity index (χ1) is 15.2. The molecule has 2 aromatic rings. The number of benzene rings is 2. The highest BCUT2D eigenvalue weighted by molar-refractivity contribution is 5.53. The number of aliphatic hydroxyl groups excluding tert-OH is 3. The molecule has 4 atom stereocenters. The van der Waals surface area contributed by atoms with Crippen LogP contribution >= 0.6 is 0 Å². The van der Waals surface area contributed by atoms with Crippen molar-refractivity contribution in [1.29, 1.82) is 5.26 Å². The van der Waals surface area contributed by atoms with E-state index in [0.29, 0.717) is 29.2 Å². The fraction of sp³-hybridized carbons (Fsp3) is 0.500. The Morgan fingerprint density at radius 1 is 1.12 bits per heavy atom. The molecule has 0 amide bonds. The summed E-state index contributed by atoms with van der Waals surface area (Å²) in [4.78, 5) is 0. The van der Waals surface area contributed by atoms with Crippen LogP contribution in [-0.2, 0) is 11.2 Å². The van der Waals surface area contributed by atoms with Gasteiger partial charge in [-0.1, -0.05) is 44.2 Å². The SMILES string of the molecule is CC(C)Oc1cc([C@@H]2O[C@H](CO)C[C@H](O)[C@H]2O)cc(Cc2ccc(C(C)C)cc2)c1C#N.O. The first-order valence-corrected chi connectivity index (χ1v) is 11.2. The Bertz CT molecular complexity index is 950. The highest BCUT2D eigenvalue weighted by atomic mass is 16.5. The summed E-state index contributed by atoms with van der Waals surface area (Å²) >= 11 is 0. The van der Waals surface area contributed by atoms with Crippen LogP contribution in [0.1, 0.15) is 74.0 Å². The van der Waals surface area contributed by atoms with E-state index < -0.39 is 24.4 Å². The molecule has 33 heavy (non-hydrogen) atoms. The standard InChI is InChI=1S/C26H33NO5.H2O/c1-15(2)18-7-5-17(6-8-18)9-19-10-20(11-24(22(19)13-27)31-16(3)4)26-25(30)23(29)12-21(14-28)32-26;/h5-8,10-11,15-16,21,23,25-26,28-30H,9,12,14H2,1-4H3;1H2/t21-,23-,25+,26-;/m0./s1. The summed E-state index contributed by atoms with van der Waals surface area (Å²) in [5.74, 6) is 0.856. The lowest BCUT2D eigenvalue weighted by Gasteiger charge is -2.37. The quantitative estimate of drug-likeness (QED) is 0.585. The predicted molar refractivity (Wildman–Crippen MR) is 125 cm³/mol. The first-order valence-electron chi connectivity index (χ1n) is 11.2. The average molecular weight is 458 g/mol. The van der Waals surface area contributed by atoms with Gasteiger partial charge in [-0.15, -0.1) is 0 Å². The second-order valence-electron chi connectivity index (χ2n) is 9.06. The smallest absolute Gasteiger partial charge is 0.138 e. The van der Waals surface area contributed by atoms with E-state index in [0.717, 1.165) is 11.1 Å². The van der Waals surface area contributed by atoms with E-state index in [1.807, 2.05) is 19.9 Å². The van der Waals surface area contributed by atoms with Crippen LogP contribution in [0.25, 0.3) is 0 Å². The zero-order chi connectivity index (χ0) is 23.4. The average Bonchev–Trinajstić information content (AvgIpc) is 2.75. The summed E-state index contributed by atoms with van der Waals surface area (Å²) in [5.41, 5.74) is 4.11. The van der Waals surface area contributed by atoms with Gasteiger partial charge in [-0.3, -0.25) is 0 Å². The molecular formula is C26H35NO6. The van der Waals surface area contributed by atoms with Crippen molar-refractivity contribution in [2.45, 2.75) is 77.0 Å². The van der Waals surface area contributed by atoms with Crippen molar-refractivity contribution in [3.8, 4) is 11.8 Å². The summed E-state index contributed by atoms with van der Waals surface area (Å²) in [7, 11) is 0. The van der Waals surface area contributed by atoms with Gasteiger partial charge in [0.25, 0.3) is 0 Å². The molecule has 1 aliphatic heterocycles. The van der Waals surface area contributed by atoms with Crippen LogP contribution in [0.5, 0.6) is 5.75 Å². The second kappa shape index (κ2) is 11.6. The molecule has 180 valence electrons. The minimum absolute atomic E-state index is 0. The summed E-state index contributed by atoms with van der Waals surface area (Å²) in [6, 6.07) is 14.1. The summed E-state index contributed by atoms with van der Waals surface area (Å²) in [5, 5.41) is 40.3. The zero-order valence-corrected chi connectivity index (χ0v) is 19.7. The molecule has 1 fully saturated rings. The van der Waals surface area contributed by atoms with Crippen molar-refractivity contribution in [1.82, 2.24) is 0 Å². The molecule has 0 spiro atoms. The molecular weight excluding hydrogens is 422 g/mol. The molecule has 0 radical (unpaired) electrons. The van der Waals surface area contributed by atoms with E-state index in [1.54, 1.807) is 6.07 Å². The molecule has 0 aliphatic carbocycles. The Balaban J connectivity index is 0.00000385. The highest BCUT2D eigenvalue weighted by Crippen LogP contribution is 2.37. The first kappa shape index (κ1) is 26.8. The van der Waals surface area contributed by atoms with Gasteiger partial charge in [0.05, 0.1) is 30.5 Å². The lowest BCUT2D eigenvalue weighted by Crippen LogP contribution is -2.44. The molecule has 0 saturated carbocycles. The Morgan fingerprint density at radius 2 is 1.79 bits per heavy atom. The van der Waals surface area contributed by atoms with Gasteiger partial charge in [0.2, 0.25) is 0 Å². The third kappa shape index (κ3) is 6.32. The van der Waals surface area contributed by atoms with E-state index in [4.69, 9.17) is 9.47 Å². The van der Waals surface area contributed by atoms with Crippen LogP contribution in [0.2, 0.25) is 0 Å². The van der Waals surface area contributed by atoms with Gasteiger partial charge in [-0.2, -0.15) is 5.26 Å². The van der Waals surface area contributed by atoms with Gasteiger partial charge in [0.15, 0.2) is 0 Å². The minimum atomic E-state index is -1.14. The van der Waals surface area contributed by atoms with Crippen LogP contribution in [0.15, 0.2) is 36.4 Å². The van der Waals surface area contributed by atoms with Gasteiger partial charge in [0, 0.05) is 6.42 Å². The zero-order valence-electron chi connectivity index (χ0n) is 19.7. The number of rotatable bonds is 7. The number of nitrogens with zero attached hydrogens (tertiary/aromatic N) is 1. The number of ether oxygens (including phenoxy) is 2. The minimum Gasteiger partial charge on any atom is -0.490 e. The van der Waals surface area contributed by atoms with Crippen molar-refractivity contribution >= 4 is 0 Å². The summed E-state index contributed by atoms with van der Waals surface area (Å²) < 4.78 is 11.8. The maximum Gasteiger partial charge on any atom is 0.138 e. The van der Waals surface area contributed by atoms with Crippen molar-refractivity contribution in [2.24, 2.45) is 0 Å². The van der Waals surface area contributed by atoms with Gasteiger partial charge < -0.3 is 30.3 Å². The molecule has 0 bridgehead atoms. The molecule has 0 aromatic heterocycles. The number of hydrogen-bond acceptors (Lipinski definition) is 6. The number of nitriles is 1.